The van der Waals surface area contributed by atoms with Gasteiger partial charge in [-0.1, -0.05) is 58.4 Å². The fourth-order valence-electron chi connectivity index (χ4n) is 13.4. The number of benzene rings is 2. The summed E-state index contributed by atoms with van der Waals surface area (Å²) in [6, 6.07) is -15.9. The second-order valence-corrected chi connectivity index (χ2v) is 34.5. The number of amides is 16. The highest BCUT2D eigenvalue weighted by molar-refractivity contribution is 7.81. The van der Waals surface area contributed by atoms with Crippen LogP contribution < -0.4 is 125 Å². The molecule has 3 rings (SSSR count). The van der Waals surface area contributed by atoms with Crippen molar-refractivity contribution in [2.24, 2.45) is 52.0 Å². The number of phenolic OH excluding ortho intramolecular Hbond substituents is 2. The Morgan fingerprint density at radius 3 is 1.21 bits per heavy atom. The highest BCUT2D eigenvalue weighted by Gasteiger charge is 2.46. The molecule has 52 heteroatoms. The molecule has 0 bridgehead atoms. The number of β-amino-alcohol motifs (C(OH)–C–C–N with tert-alkyl or cyclic N) is 1. The van der Waals surface area contributed by atoms with Crippen molar-refractivity contribution >= 4 is 138 Å². The lowest BCUT2D eigenvalue weighted by atomic mass is 9.96. The van der Waals surface area contributed by atoms with Crippen LogP contribution in [0.5, 0.6) is 11.5 Å². The molecule has 0 unspecified atom stereocenters. The molecule has 1 heterocycles. The molecule has 20 atom stereocenters. The van der Waals surface area contributed by atoms with Gasteiger partial charge in [-0.2, -0.15) is 25.3 Å². The average Bonchev–Trinajstić information content (AvgIpc) is 1.68. The molecule has 0 saturated carbocycles. The summed E-state index contributed by atoms with van der Waals surface area (Å²) >= 11 is 8.74. The lowest BCUT2D eigenvalue weighted by Crippen LogP contribution is -2.64. The molecular formula is C81H134N26O24S2. The number of likely N-dealkylation sites (tertiary alicyclic amines) is 1. The van der Waals surface area contributed by atoms with Crippen molar-refractivity contribution in [3.05, 3.63) is 59.7 Å². The summed E-state index contributed by atoms with van der Waals surface area (Å²) in [7, 11) is 0. The summed E-state index contributed by atoms with van der Waals surface area (Å²) in [6.45, 7) is 9.05. The zero-order chi connectivity index (χ0) is 101. The van der Waals surface area contributed by atoms with E-state index >= 15 is 0 Å². The van der Waals surface area contributed by atoms with Gasteiger partial charge in [-0.05, 0) is 140 Å². The molecule has 0 radical (unpaired) electrons. The van der Waals surface area contributed by atoms with Gasteiger partial charge in [0.1, 0.15) is 102 Å². The minimum Gasteiger partial charge on any atom is -0.508 e. The number of guanidine groups is 2. The van der Waals surface area contributed by atoms with Crippen molar-refractivity contribution in [3.63, 3.8) is 0 Å². The van der Waals surface area contributed by atoms with E-state index in [1.165, 1.54) is 62.4 Å². The standard InChI is InChI=1S/C81H134N26O24S2/c1-9-38(4)59(103-72(124)56-32-45(113)34-107(56)77(129)58(86)37(2)3)73(125)105-61(40(6)110)75(127)98-51(30-41-14-18-43(111)19-15-41)69(121)106-62(81(7,8)133)76(128)99-52(33-57(85)114)68(120)94-46(12-10-28-91-79(87)88)63(115)95-50(24-27-84)67(119)104-60(39(5)109)74(126)97-49(23-26-83)66(118)101-54(35-108)70(122)102-55(36-132)71(123)96-48(22-25-82)65(117)93-47(13-11-29-92-80(89)90)64(116)100-53(78(130)131)31-42-16-20-44(112)21-17-42/h14-21,37-40,45-56,58-62,108-113,132-133H,9-13,22-36,82-84,86H2,1-8H3,(H2,85,114)(H,93,117)(H,94,120)(H,95,115)(H,96,123)(H,97,126)(H,98,127)(H,99,128)(H,100,116)(H,101,118)(H,102,122)(H,103,124)(H,104,119)(H,105,125)(H,106,121)(H,130,131)(H4,87,88,91)(H4,89,90,92)/t38-,39+,40+,45+,46-,47-,48-,49+,50-,51-,52-,53-,54-,55-,56-,58-,59-,60-,61-,62+/m0/s1. The Bertz CT molecular complexity index is 4310. The van der Waals surface area contributed by atoms with Crippen LogP contribution in [0.4, 0.5) is 0 Å². The summed E-state index contributed by atoms with van der Waals surface area (Å²) in [5, 5.41) is 127. The van der Waals surface area contributed by atoms with E-state index in [4.69, 9.17) is 51.0 Å². The second kappa shape index (κ2) is 56.7. The molecule has 1 aliphatic heterocycles. The Hall–Kier alpha value is -12.0. The summed E-state index contributed by atoms with van der Waals surface area (Å²) < 4.78 is -1.65. The van der Waals surface area contributed by atoms with Crippen molar-refractivity contribution in [2.45, 2.75) is 252 Å². The number of phenols is 2. The van der Waals surface area contributed by atoms with Gasteiger partial charge in [0.25, 0.3) is 0 Å². The van der Waals surface area contributed by atoms with Gasteiger partial charge in [0.15, 0.2) is 11.9 Å². The maximum atomic E-state index is 14.8. The molecule has 39 N–H and O–H groups in total. The molecule has 1 fully saturated rings. The molecule has 50 nitrogen and oxygen atoms in total. The molecule has 744 valence electrons. The van der Waals surface area contributed by atoms with Crippen LogP contribution in [-0.4, -0.2) is 324 Å². The largest absolute Gasteiger partial charge is 0.508 e. The fourth-order valence-corrected chi connectivity index (χ4v) is 13.8. The van der Waals surface area contributed by atoms with E-state index in [0.29, 0.717) is 5.56 Å². The lowest BCUT2D eigenvalue weighted by molar-refractivity contribution is -0.142. The van der Waals surface area contributed by atoms with Gasteiger partial charge < -0.3 is 166 Å². The zero-order valence-electron chi connectivity index (χ0n) is 75.3. The number of carboxylic acids is 1. The molecule has 0 aromatic heterocycles. The number of carboxylic acid groups (broad SMARTS) is 1. The Labute approximate surface area is 779 Å². The predicted octanol–water partition coefficient (Wildman–Crippen LogP) is -11.4. The number of aliphatic carboxylic acids is 1. The van der Waals surface area contributed by atoms with Crippen LogP contribution in [0.25, 0.3) is 0 Å². The number of rotatable bonds is 58. The first-order valence-corrected chi connectivity index (χ1v) is 44.1. The molecule has 1 aliphatic rings. The van der Waals surface area contributed by atoms with Gasteiger partial charge in [-0.25, -0.2) is 4.79 Å². The summed E-state index contributed by atoms with van der Waals surface area (Å²) in [4.78, 5) is 239. The summed E-state index contributed by atoms with van der Waals surface area (Å²) in [6.07, 6.45) is -8.03. The number of aliphatic hydroxyl groups excluding tert-OH is 4. The lowest BCUT2D eigenvalue weighted by Gasteiger charge is -2.33. The Morgan fingerprint density at radius 1 is 0.481 bits per heavy atom. The van der Waals surface area contributed by atoms with Crippen LogP contribution in [0.2, 0.25) is 0 Å². The van der Waals surface area contributed by atoms with Crippen LogP contribution in [0.3, 0.4) is 0 Å². The maximum absolute atomic E-state index is 14.8. The van der Waals surface area contributed by atoms with Crippen LogP contribution in [-0.2, 0) is 94.3 Å². The molecule has 133 heavy (non-hydrogen) atoms. The number of primary amides is 1. The second-order valence-electron chi connectivity index (χ2n) is 33.0. The van der Waals surface area contributed by atoms with Crippen molar-refractivity contribution in [1.29, 1.82) is 10.8 Å². The van der Waals surface area contributed by atoms with E-state index in [1.807, 2.05) is 0 Å². The van der Waals surface area contributed by atoms with Gasteiger partial charge in [-0.3, -0.25) is 87.5 Å². The van der Waals surface area contributed by atoms with Gasteiger partial charge in [0.2, 0.25) is 94.5 Å². The van der Waals surface area contributed by atoms with Crippen LogP contribution >= 0.6 is 25.3 Å². The van der Waals surface area contributed by atoms with Gasteiger partial charge >= 0.3 is 5.97 Å². The minimum atomic E-state index is -2.02. The number of nitrogens with two attached hydrogens (primary N) is 7. The van der Waals surface area contributed by atoms with Crippen molar-refractivity contribution in [1.82, 2.24) is 90.0 Å². The van der Waals surface area contributed by atoms with Crippen LogP contribution in [0.1, 0.15) is 131 Å². The number of carbonyl (C=O) groups is 17. The first kappa shape index (κ1) is 115. The zero-order valence-corrected chi connectivity index (χ0v) is 77.1. The third-order valence-electron chi connectivity index (χ3n) is 21.2. The van der Waals surface area contributed by atoms with Gasteiger partial charge in [0, 0.05) is 49.4 Å². The molecule has 16 amide bonds. The van der Waals surface area contributed by atoms with E-state index in [2.05, 4.69) is 110 Å². The minimum absolute atomic E-state index is 0.0280. The number of aliphatic hydroxyl groups is 4. The van der Waals surface area contributed by atoms with E-state index in [1.54, 1.807) is 27.7 Å². The van der Waals surface area contributed by atoms with Gasteiger partial charge in [0.05, 0.1) is 37.4 Å². The number of hydrogen-bond donors (Lipinski definition) is 34. The SMILES string of the molecule is CC[C@H](C)[C@H](NC(=O)[C@@H]1C[C@@H](O)CN1C(=O)[C@@H](N)C(C)C)C(=O)N[C@H](C(=O)N[C@@H](Cc1ccc(O)cc1)C(=O)N[C@H](C(=O)N[C@@H](CC(N)=O)C(=O)N[C@@H](CCCNC(=N)N)C(=O)N[C@@H](CCN)C(=O)N[C@H](C(=O)N[C@H](CCN)C(=O)N[C@@H](CO)C(=O)N[C@@H](CS)C(=O)N[C@@H](CCN)C(=O)N[C@@H](CCCNC(=N)N)C(=O)N[C@@H](Cc1ccc(O)cc1)C(=O)O)[C@@H](C)O)C(C)(C)S)[C@@H](C)O. The monoisotopic (exact) mass is 1920 g/mol. The normalized spacial score (nSPS) is 17.1. The van der Waals surface area contributed by atoms with Crippen LogP contribution in [0.15, 0.2) is 48.5 Å². The van der Waals surface area contributed by atoms with Crippen molar-refractivity contribution < 1.29 is 117 Å². The van der Waals surface area contributed by atoms with E-state index in [0.717, 1.165) is 18.7 Å². The van der Waals surface area contributed by atoms with E-state index in [-0.39, 0.29) is 114 Å². The molecular weight excluding hydrogens is 1790 g/mol. The molecule has 1 saturated heterocycles. The Morgan fingerprint density at radius 2 is 0.827 bits per heavy atom. The Balaban J connectivity index is 1.89. The van der Waals surface area contributed by atoms with Crippen LogP contribution in [0, 0.1) is 22.7 Å². The molecule has 0 spiro atoms. The van der Waals surface area contributed by atoms with E-state index in [9.17, 15) is 117 Å². The first-order chi connectivity index (χ1) is 62.4. The predicted molar refractivity (Wildman–Crippen MR) is 487 cm³/mol. The van der Waals surface area contributed by atoms with E-state index < -0.39 is 276 Å². The first-order valence-electron chi connectivity index (χ1n) is 43.0. The van der Waals surface area contributed by atoms with Crippen molar-refractivity contribution in [2.75, 3.05) is 51.6 Å². The average molecular weight is 1920 g/mol. The topological polar surface area (TPSA) is 857 Å². The highest BCUT2D eigenvalue weighted by Crippen LogP contribution is 2.24. The summed E-state index contributed by atoms with van der Waals surface area (Å²) in [5.74, 6) is -21.9. The summed E-state index contributed by atoms with van der Waals surface area (Å²) in [5.41, 5.74) is 40.9. The maximum Gasteiger partial charge on any atom is 0.326 e. The smallest absolute Gasteiger partial charge is 0.326 e. The number of carbonyl (C=O) groups excluding carboxylic acids is 16. The number of thiol groups is 2. The molecule has 2 aromatic carbocycles. The number of nitrogens with one attached hydrogen (secondary N) is 18. The number of hydrogen-bond acceptors (Lipinski definition) is 31. The van der Waals surface area contributed by atoms with Crippen molar-refractivity contribution in [3.8, 4) is 11.5 Å². The highest BCUT2D eigenvalue weighted by atomic mass is 32.1. The van der Waals surface area contributed by atoms with Gasteiger partial charge in [-0.15, -0.1) is 0 Å². The molecule has 2 aromatic rings. The third kappa shape index (κ3) is 39.0. The number of nitrogens with zero attached hydrogens (tertiary/aromatic N) is 1. The number of aromatic hydroxyl groups is 2. The molecule has 0 aliphatic carbocycles. The Kier molecular flexibility index (Phi) is 49.1. The fraction of sp³-hybridized carbons (Fsp3) is 0.617. The third-order valence-corrected chi connectivity index (χ3v) is 21.8. The quantitative estimate of drug-likeness (QED) is 0.0127.